The zero-order valence-electron chi connectivity index (χ0n) is 18.4. The van der Waals surface area contributed by atoms with E-state index in [2.05, 4.69) is 38.8 Å². The molecule has 0 amide bonds. The van der Waals surface area contributed by atoms with Gasteiger partial charge in [0, 0.05) is 38.3 Å². The standard InChI is InChI=1S/C23H28N6O3/c1-17-3-2-4-18(15-17)21-24-16-19-20(26-21)22(29-8-12-31-13-9-29)27-23(25-19)32-14-7-28-5-10-30-11-6-28/h2-4,15-16H,5-14H2,1H3. The first kappa shape index (κ1) is 21.0. The molecule has 9 heteroatoms. The summed E-state index contributed by atoms with van der Waals surface area (Å²) in [5.41, 5.74) is 3.56. The lowest BCUT2D eigenvalue weighted by Crippen LogP contribution is -2.39. The second-order valence-corrected chi connectivity index (χ2v) is 8.03. The van der Waals surface area contributed by atoms with Crippen molar-refractivity contribution >= 4 is 16.9 Å². The van der Waals surface area contributed by atoms with E-state index in [0.29, 0.717) is 37.2 Å². The molecule has 2 aromatic heterocycles. The molecule has 0 radical (unpaired) electrons. The zero-order valence-corrected chi connectivity index (χ0v) is 18.4. The highest BCUT2D eigenvalue weighted by Gasteiger charge is 2.20. The third-order valence-electron chi connectivity index (χ3n) is 5.73. The summed E-state index contributed by atoms with van der Waals surface area (Å²) in [5, 5.41) is 0. The summed E-state index contributed by atoms with van der Waals surface area (Å²) >= 11 is 0. The fourth-order valence-electron chi connectivity index (χ4n) is 3.97. The Kier molecular flexibility index (Phi) is 6.38. The lowest BCUT2D eigenvalue weighted by molar-refractivity contribution is 0.0317. The number of aryl methyl sites for hydroxylation is 1. The fraction of sp³-hybridized carbons (Fsp3) is 0.478. The van der Waals surface area contributed by atoms with Crippen LogP contribution in [0.25, 0.3) is 22.4 Å². The lowest BCUT2D eigenvalue weighted by atomic mass is 10.1. The van der Waals surface area contributed by atoms with Crippen molar-refractivity contribution in [2.75, 3.05) is 70.7 Å². The van der Waals surface area contributed by atoms with Gasteiger partial charge in [-0.1, -0.05) is 23.8 Å². The minimum Gasteiger partial charge on any atom is -0.462 e. The molecule has 2 fully saturated rings. The summed E-state index contributed by atoms with van der Waals surface area (Å²) < 4.78 is 16.9. The van der Waals surface area contributed by atoms with Crippen LogP contribution in [0, 0.1) is 6.92 Å². The molecule has 0 unspecified atom stereocenters. The molecule has 2 saturated heterocycles. The normalized spacial score (nSPS) is 17.6. The predicted molar refractivity (Wildman–Crippen MR) is 121 cm³/mol. The molecule has 0 aliphatic carbocycles. The molecule has 1 aromatic carbocycles. The number of benzene rings is 1. The van der Waals surface area contributed by atoms with Crippen LogP contribution >= 0.6 is 0 Å². The molecule has 3 aromatic rings. The van der Waals surface area contributed by atoms with Crippen molar-refractivity contribution in [1.29, 1.82) is 0 Å². The van der Waals surface area contributed by atoms with Gasteiger partial charge in [0.2, 0.25) is 0 Å². The first-order valence-corrected chi connectivity index (χ1v) is 11.1. The minimum absolute atomic E-state index is 0.360. The van der Waals surface area contributed by atoms with Gasteiger partial charge in [-0.05, 0) is 13.0 Å². The molecule has 4 heterocycles. The third-order valence-corrected chi connectivity index (χ3v) is 5.73. The van der Waals surface area contributed by atoms with Crippen LogP contribution in [-0.4, -0.2) is 90.6 Å². The Labute approximate surface area is 187 Å². The van der Waals surface area contributed by atoms with Crippen LogP contribution in [0.1, 0.15) is 5.56 Å². The van der Waals surface area contributed by atoms with Gasteiger partial charge in [0.05, 0.1) is 32.6 Å². The van der Waals surface area contributed by atoms with Crippen molar-refractivity contribution < 1.29 is 14.2 Å². The number of ether oxygens (including phenoxy) is 3. The van der Waals surface area contributed by atoms with E-state index in [0.717, 1.165) is 62.8 Å². The fourth-order valence-corrected chi connectivity index (χ4v) is 3.97. The van der Waals surface area contributed by atoms with Crippen molar-refractivity contribution in [3.63, 3.8) is 0 Å². The molecular weight excluding hydrogens is 408 g/mol. The van der Waals surface area contributed by atoms with Gasteiger partial charge in [0.1, 0.15) is 17.6 Å². The quantitative estimate of drug-likeness (QED) is 0.575. The van der Waals surface area contributed by atoms with Gasteiger partial charge in [-0.15, -0.1) is 0 Å². The van der Waals surface area contributed by atoms with E-state index in [9.17, 15) is 0 Å². The van der Waals surface area contributed by atoms with Crippen molar-refractivity contribution in [3.05, 3.63) is 36.0 Å². The highest BCUT2D eigenvalue weighted by atomic mass is 16.5. The molecule has 0 saturated carbocycles. The molecule has 32 heavy (non-hydrogen) atoms. The molecule has 2 aliphatic heterocycles. The van der Waals surface area contributed by atoms with Crippen molar-refractivity contribution in [2.45, 2.75) is 6.92 Å². The maximum atomic E-state index is 5.96. The molecule has 0 bridgehead atoms. The molecule has 0 atom stereocenters. The summed E-state index contributed by atoms with van der Waals surface area (Å²) in [5.74, 6) is 1.44. The average molecular weight is 437 g/mol. The van der Waals surface area contributed by atoms with Crippen LogP contribution in [-0.2, 0) is 9.47 Å². The monoisotopic (exact) mass is 436 g/mol. The van der Waals surface area contributed by atoms with E-state index in [1.165, 1.54) is 5.56 Å². The number of anilines is 1. The number of fused-ring (bicyclic) bond motifs is 1. The summed E-state index contributed by atoms with van der Waals surface area (Å²) in [6.07, 6.45) is 1.76. The average Bonchev–Trinajstić information content (AvgIpc) is 2.84. The first-order chi connectivity index (χ1) is 15.8. The van der Waals surface area contributed by atoms with Crippen molar-refractivity contribution in [3.8, 4) is 17.4 Å². The van der Waals surface area contributed by atoms with Crippen LogP contribution in [0.15, 0.2) is 30.5 Å². The Morgan fingerprint density at radius 3 is 2.53 bits per heavy atom. The van der Waals surface area contributed by atoms with E-state index < -0.39 is 0 Å². The Morgan fingerprint density at radius 1 is 0.969 bits per heavy atom. The highest BCUT2D eigenvalue weighted by molar-refractivity contribution is 5.86. The molecule has 0 spiro atoms. The third kappa shape index (κ3) is 4.79. The van der Waals surface area contributed by atoms with Gasteiger partial charge < -0.3 is 19.1 Å². The molecule has 9 nitrogen and oxygen atoms in total. The summed E-state index contributed by atoms with van der Waals surface area (Å²) in [6, 6.07) is 8.54. The van der Waals surface area contributed by atoms with E-state index >= 15 is 0 Å². The smallest absolute Gasteiger partial charge is 0.319 e. The first-order valence-electron chi connectivity index (χ1n) is 11.1. The van der Waals surface area contributed by atoms with E-state index in [1.54, 1.807) is 6.20 Å². The van der Waals surface area contributed by atoms with E-state index in [4.69, 9.17) is 24.2 Å². The van der Waals surface area contributed by atoms with Gasteiger partial charge in [-0.25, -0.2) is 9.97 Å². The molecule has 5 rings (SSSR count). The Bertz CT molecular complexity index is 1070. The number of hydrogen-bond donors (Lipinski definition) is 0. The van der Waals surface area contributed by atoms with Crippen LogP contribution in [0.3, 0.4) is 0 Å². The predicted octanol–water partition coefficient (Wildman–Crippen LogP) is 1.94. The summed E-state index contributed by atoms with van der Waals surface area (Å²) in [4.78, 5) is 23.3. The molecule has 168 valence electrons. The maximum Gasteiger partial charge on any atom is 0.319 e. The van der Waals surface area contributed by atoms with E-state index in [-0.39, 0.29) is 0 Å². The highest BCUT2D eigenvalue weighted by Crippen LogP contribution is 2.27. The Morgan fingerprint density at radius 2 is 1.75 bits per heavy atom. The maximum absolute atomic E-state index is 5.96. The van der Waals surface area contributed by atoms with Crippen LogP contribution in [0.4, 0.5) is 5.82 Å². The number of nitrogens with zero attached hydrogens (tertiary/aromatic N) is 6. The molecule has 2 aliphatic rings. The molecular formula is C23H28N6O3. The summed E-state index contributed by atoms with van der Waals surface area (Å²) in [6.45, 7) is 9.63. The van der Waals surface area contributed by atoms with Crippen LogP contribution in [0.5, 0.6) is 6.01 Å². The van der Waals surface area contributed by atoms with Crippen LogP contribution < -0.4 is 9.64 Å². The van der Waals surface area contributed by atoms with Gasteiger partial charge in [0.15, 0.2) is 11.6 Å². The Hall–Kier alpha value is -2.88. The Balaban J connectivity index is 1.44. The van der Waals surface area contributed by atoms with Crippen molar-refractivity contribution in [1.82, 2.24) is 24.8 Å². The number of aromatic nitrogens is 4. The lowest BCUT2D eigenvalue weighted by Gasteiger charge is -2.28. The topological polar surface area (TPSA) is 85.7 Å². The second kappa shape index (κ2) is 9.72. The number of rotatable bonds is 6. The van der Waals surface area contributed by atoms with Gasteiger partial charge in [-0.3, -0.25) is 4.90 Å². The SMILES string of the molecule is Cc1cccc(-c2ncc3nc(OCCN4CCOCC4)nc(N4CCOCC4)c3n2)c1. The van der Waals surface area contributed by atoms with Crippen molar-refractivity contribution in [2.24, 2.45) is 0 Å². The van der Waals surface area contributed by atoms with Gasteiger partial charge in [-0.2, -0.15) is 9.97 Å². The molecule has 0 N–H and O–H groups in total. The number of morpholine rings is 2. The van der Waals surface area contributed by atoms with E-state index in [1.807, 2.05) is 12.1 Å². The van der Waals surface area contributed by atoms with Gasteiger partial charge >= 0.3 is 6.01 Å². The summed E-state index contributed by atoms with van der Waals surface area (Å²) in [7, 11) is 0. The zero-order chi connectivity index (χ0) is 21.8. The number of hydrogen-bond acceptors (Lipinski definition) is 9. The minimum atomic E-state index is 0.360. The second-order valence-electron chi connectivity index (χ2n) is 8.03. The van der Waals surface area contributed by atoms with Gasteiger partial charge in [0.25, 0.3) is 0 Å². The largest absolute Gasteiger partial charge is 0.462 e. The van der Waals surface area contributed by atoms with Crippen LogP contribution in [0.2, 0.25) is 0 Å².